The number of aromatic amines is 1. The zero-order chi connectivity index (χ0) is 19.3. The van der Waals surface area contributed by atoms with Gasteiger partial charge in [0.1, 0.15) is 5.75 Å². The van der Waals surface area contributed by atoms with Gasteiger partial charge in [-0.15, -0.1) is 0 Å². The lowest BCUT2D eigenvalue weighted by atomic mass is 9.90. The summed E-state index contributed by atoms with van der Waals surface area (Å²) >= 11 is 0. The van der Waals surface area contributed by atoms with Crippen LogP contribution in [-0.2, 0) is 6.42 Å². The second kappa shape index (κ2) is 8.30. The van der Waals surface area contributed by atoms with Gasteiger partial charge < -0.3 is 9.64 Å². The number of hydrogen-bond acceptors (Lipinski definition) is 3. The number of methoxy groups -OCH3 is 1. The molecule has 144 valence electrons. The van der Waals surface area contributed by atoms with Gasteiger partial charge in [-0.25, -0.2) is 0 Å². The predicted molar refractivity (Wildman–Crippen MR) is 109 cm³/mol. The molecular weight excluding hydrogens is 350 g/mol. The Morgan fingerprint density at radius 3 is 2.50 bits per heavy atom. The highest BCUT2D eigenvalue weighted by molar-refractivity contribution is 5.99. The normalized spacial score (nSPS) is 14.8. The van der Waals surface area contributed by atoms with Crippen molar-refractivity contribution in [3.63, 3.8) is 0 Å². The average molecular weight is 375 g/mol. The average Bonchev–Trinajstić information content (AvgIpc) is 3.25. The van der Waals surface area contributed by atoms with Gasteiger partial charge in [0.2, 0.25) is 0 Å². The molecule has 0 saturated carbocycles. The molecule has 0 spiro atoms. The molecule has 0 atom stereocenters. The highest BCUT2D eigenvalue weighted by Gasteiger charge is 2.26. The third kappa shape index (κ3) is 3.93. The molecule has 1 aliphatic heterocycles. The van der Waals surface area contributed by atoms with Crippen LogP contribution in [0.25, 0.3) is 11.3 Å². The zero-order valence-electron chi connectivity index (χ0n) is 16.1. The number of H-pyrrole nitrogens is 1. The first-order valence-corrected chi connectivity index (χ1v) is 9.75. The van der Waals surface area contributed by atoms with Gasteiger partial charge in [-0.1, -0.05) is 42.5 Å². The van der Waals surface area contributed by atoms with Crippen LogP contribution < -0.4 is 4.74 Å². The maximum atomic E-state index is 13.0. The fraction of sp³-hybridized carbons (Fsp3) is 0.304. The third-order valence-corrected chi connectivity index (χ3v) is 5.52. The summed E-state index contributed by atoms with van der Waals surface area (Å²) in [4.78, 5) is 15.0. The van der Waals surface area contributed by atoms with Gasteiger partial charge in [0.15, 0.2) is 0 Å². The first-order chi connectivity index (χ1) is 13.7. The first kappa shape index (κ1) is 18.3. The SMILES string of the molecule is COc1ccc(CC2CCN(C(=O)c3cn[nH]c3-c3ccccc3)CC2)cc1. The van der Waals surface area contributed by atoms with Crippen molar-refractivity contribution < 1.29 is 9.53 Å². The Kier molecular flexibility index (Phi) is 5.42. The van der Waals surface area contributed by atoms with Gasteiger partial charge in [0, 0.05) is 18.7 Å². The number of nitrogens with zero attached hydrogens (tertiary/aromatic N) is 2. The number of nitrogens with one attached hydrogen (secondary N) is 1. The highest BCUT2D eigenvalue weighted by Crippen LogP contribution is 2.26. The van der Waals surface area contributed by atoms with Crippen molar-refractivity contribution in [1.29, 1.82) is 0 Å². The number of hydrogen-bond donors (Lipinski definition) is 1. The minimum Gasteiger partial charge on any atom is -0.497 e. The Hall–Kier alpha value is -3.08. The predicted octanol–water partition coefficient (Wildman–Crippen LogP) is 4.18. The molecule has 2 heterocycles. The summed E-state index contributed by atoms with van der Waals surface area (Å²) in [6.07, 6.45) is 4.74. The zero-order valence-corrected chi connectivity index (χ0v) is 16.1. The molecule has 1 aliphatic rings. The van der Waals surface area contributed by atoms with Crippen molar-refractivity contribution in [2.24, 2.45) is 5.92 Å². The molecule has 1 N–H and O–H groups in total. The largest absolute Gasteiger partial charge is 0.497 e. The standard InChI is InChI=1S/C23H25N3O2/c1-28-20-9-7-17(8-10-20)15-18-11-13-26(14-12-18)23(27)21-16-24-25-22(21)19-5-3-2-4-6-19/h2-10,16,18H,11-15H2,1H3,(H,24,25). The molecule has 1 fully saturated rings. The maximum Gasteiger partial charge on any atom is 0.257 e. The number of aromatic nitrogens is 2. The fourth-order valence-corrected chi connectivity index (χ4v) is 3.88. The maximum absolute atomic E-state index is 13.0. The Balaban J connectivity index is 1.37. The van der Waals surface area contributed by atoms with Gasteiger partial charge >= 0.3 is 0 Å². The van der Waals surface area contributed by atoms with Crippen molar-refractivity contribution in [1.82, 2.24) is 15.1 Å². The lowest BCUT2D eigenvalue weighted by Gasteiger charge is -2.32. The summed E-state index contributed by atoms with van der Waals surface area (Å²) in [5.74, 6) is 1.56. The molecular formula is C23H25N3O2. The van der Waals surface area contributed by atoms with Gasteiger partial charge in [0.25, 0.3) is 5.91 Å². The van der Waals surface area contributed by atoms with E-state index in [2.05, 4.69) is 22.3 Å². The van der Waals surface area contributed by atoms with E-state index in [1.807, 2.05) is 47.4 Å². The van der Waals surface area contributed by atoms with Crippen molar-refractivity contribution in [3.05, 3.63) is 71.9 Å². The van der Waals surface area contributed by atoms with Crippen LogP contribution in [0, 0.1) is 5.92 Å². The third-order valence-electron chi connectivity index (χ3n) is 5.52. The van der Waals surface area contributed by atoms with Crippen molar-refractivity contribution in [2.45, 2.75) is 19.3 Å². The Bertz CT molecular complexity index is 911. The first-order valence-electron chi connectivity index (χ1n) is 9.75. The molecule has 2 aromatic carbocycles. The van der Waals surface area contributed by atoms with Gasteiger partial charge in [-0.2, -0.15) is 5.10 Å². The topological polar surface area (TPSA) is 58.2 Å². The lowest BCUT2D eigenvalue weighted by molar-refractivity contribution is 0.0691. The van der Waals surface area contributed by atoms with E-state index in [-0.39, 0.29) is 5.91 Å². The van der Waals surface area contributed by atoms with Crippen LogP contribution in [0.3, 0.4) is 0 Å². The fourth-order valence-electron chi connectivity index (χ4n) is 3.88. The van der Waals surface area contributed by atoms with E-state index in [4.69, 9.17) is 4.74 Å². The quantitative estimate of drug-likeness (QED) is 0.728. The Morgan fingerprint density at radius 2 is 1.82 bits per heavy atom. The van der Waals surface area contributed by atoms with E-state index in [0.717, 1.165) is 49.4 Å². The van der Waals surface area contributed by atoms with Crippen molar-refractivity contribution in [2.75, 3.05) is 20.2 Å². The van der Waals surface area contributed by atoms with Gasteiger partial charge in [-0.3, -0.25) is 9.89 Å². The van der Waals surface area contributed by atoms with Crippen LogP contribution in [0.4, 0.5) is 0 Å². The number of likely N-dealkylation sites (tertiary alicyclic amines) is 1. The monoisotopic (exact) mass is 375 g/mol. The minimum absolute atomic E-state index is 0.0653. The van der Waals surface area contributed by atoms with Crippen LogP contribution in [0.2, 0.25) is 0 Å². The molecule has 5 nitrogen and oxygen atoms in total. The number of piperidine rings is 1. The summed E-state index contributed by atoms with van der Waals surface area (Å²) in [6.45, 7) is 1.58. The Labute approximate surface area is 165 Å². The van der Waals surface area contributed by atoms with Crippen LogP contribution in [0.5, 0.6) is 5.75 Å². The number of amides is 1. The summed E-state index contributed by atoms with van der Waals surface area (Å²) in [5, 5.41) is 7.10. The van der Waals surface area contributed by atoms with Crippen LogP contribution in [-0.4, -0.2) is 41.2 Å². The summed E-state index contributed by atoms with van der Waals surface area (Å²) in [7, 11) is 1.69. The molecule has 0 unspecified atom stereocenters. The molecule has 5 heteroatoms. The van der Waals surface area contributed by atoms with E-state index < -0.39 is 0 Å². The van der Waals surface area contributed by atoms with E-state index in [1.165, 1.54) is 5.56 Å². The van der Waals surface area contributed by atoms with Crippen LogP contribution in [0.1, 0.15) is 28.8 Å². The molecule has 1 amide bonds. The molecule has 1 aromatic heterocycles. The molecule has 1 saturated heterocycles. The van der Waals surface area contributed by atoms with E-state index >= 15 is 0 Å². The second-order valence-corrected chi connectivity index (χ2v) is 7.31. The van der Waals surface area contributed by atoms with Crippen LogP contribution >= 0.6 is 0 Å². The molecule has 0 radical (unpaired) electrons. The van der Waals surface area contributed by atoms with Crippen LogP contribution in [0.15, 0.2) is 60.8 Å². The molecule has 28 heavy (non-hydrogen) atoms. The summed E-state index contributed by atoms with van der Waals surface area (Å²) in [6, 6.07) is 18.2. The van der Waals surface area contributed by atoms with Crippen molar-refractivity contribution in [3.8, 4) is 17.0 Å². The van der Waals surface area contributed by atoms with E-state index in [1.54, 1.807) is 13.3 Å². The van der Waals surface area contributed by atoms with E-state index in [0.29, 0.717) is 11.5 Å². The molecule has 4 rings (SSSR count). The summed E-state index contributed by atoms with van der Waals surface area (Å²) in [5.41, 5.74) is 3.76. The highest BCUT2D eigenvalue weighted by atomic mass is 16.5. The summed E-state index contributed by atoms with van der Waals surface area (Å²) < 4.78 is 5.22. The lowest BCUT2D eigenvalue weighted by Crippen LogP contribution is -2.39. The number of benzene rings is 2. The van der Waals surface area contributed by atoms with E-state index in [9.17, 15) is 4.79 Å². The molecule has 3 aromatic rings. The number of rotatable bonds is 5. The van der Waals surface area contributed by atoms with Gasteiger partial charge in [0.05, 0.1) is 24.6 Å². The smallest absolute Gasteiger partial charge is 0.257 e. The second-order valence-electron chi connectivity index (χ2n) is 7.31. The van der Waals surface area contributed by atoms with Crippen molar-refractivity contribution >= 4 is 5.91 Å². The number of carbonyl (C=O) groups excluding carboxylic acids is 1. The number of ether oxygens (including phenoxy) is 1. The molecule has 0 bridgehead atoms. The Morgan fingerprint density at radius 1 is 1.11 bits per heavy atom. The minimum atomic E-state index is 0.0653. The molecule has 0 aliphatic carbocycles. The van der Waals surface area contributed by atoms with Gasteiger partial charge in [-0.05, 0) is 42.9 Å². The number of carbonyl (C=O) groups is 1.